The third kappa shape index (κ3) is 2.99. The summed E-state index contributed by atoms with van der Waals surface area (Å²) >= 11 is 0. The van der Waals surface area contributed by atoms with Gasteiger partial charge < -0.3 is 4.74 Å². The van der Waals surface area contributed by atoms with E-state index in [0.717, 1.165) is 25.7 Å². The van der Waals surface area contributed by atoms with E-state index in [1.807, 2.05) is 0 Å². The fourth-order valence-corrected chi connectivity index (χ4v) is 3.08. The minimum atomic E-state index is -0.123. The van der Waals surface area contributed by atoms with Crippen LogP contribution in [0.5, 0.6) is 0 Å². The van der Waals surface area contributed by atoms with Crippen LogP contribution in [-0.4, -0.2) is 13.1 Å². The minimum Gasteiger partial charge on any atom is -0.469 e. The summed E-state index contributed by atoms with van der Waals surface area (Å²) in [5.41, 5.74) is 6.94. The molecule has 2 aromatic rings. The Bertz CT molecular complexity index is 658. The maximum Gasteiger partial charge on any atom is 0.305 e. The Hall–Kier alpha value is -2.09. The van der Waals surface area contributed by atoms with Crippen LogP contribution < -0.4 is 0 Å². The second-order valence-electron chi connectivity index (χ2n) is 5.58. The number of fused-ring (bicyclic) bond motifs is 3. The Balaban J connectivity index is 1.76. The summed E-state index contributed by atoms with van der Waals surface area (Å²) in [4.78, 5) is 11.1. The lowest BCUT2D eigenvalue weighted by Crippen LogP contribution is -2.05. The lowest BCUT2D eigenvalue weighted by molar-refractivity contribution is -0.140. The summed E-state index contributed by atoms with van der Waals surface area (Å²) < 4.78 is 4.68. The molecule has 2 heteroatoms. The zero-order valence-corrected chi connectivity index (χ0v) is 12.4. The normalized spacial score (nSPS) is 12.4. The second-order valence-corrected chi connectivity index (χ2v) is 5.58. The van der Waals surface area contributed by atoms with Crippen LogP contribution in [0.1, 0.15) is 29.5 Å². The van der Waals surface area contributed by atoms with Gasteiger partial charge >= 0.3 is 5.97 Å². The molecule has 2 nitrogen and oxygen atoms in total. The summed E-state index contributed by atoms with van der Waals surface area (Å²) in [6.45, 7) is 0. The standard InChI is InChI=1S/C19H20O2/c1-21-19(20)8-4-5-14-9-12-18-16(13-14)11-10-15-6-2-3-7-17(15)18/h2-3,6-7,9,12-13H,4-5,8,10-11H2,1H3. The van der Waals surface area contributed by atoms with Gasteiger partial charge in [-0.25, -0.2) is 0 Å². The number of carbonyl (C=O) groups is 1. The van der Waals surface area contributed by atoms with Crippen LogP contribution in [0.15, 0.2) is 42.5 Å². The molecule has 0 fully saturated rings. The van der Waals surface area contributed by atoms with Crippen molar-refractivity contribution in [3.05, 3.63) is 59.2 Å². The predicted octanol–water partition coefficient (Wildman–Crippen LogP) is 3.95. The number of esters is 1. The van der Waals surface area contributed by atoms with Crippen LogP contribution in [0.4, 0.5) is 0 Å². The fourth-order valence-electron chi connectivity index (χ4n) is 3.08. The first-order valence-electron chi connectivity index (χ1n) is 7.55. The molecule has 0 saturated heterocycles. The number of ether oxygens (including phenoxy) is 1. The molecule has 108 valence electrons. The quantitative estimate of drug-likeness (QED) is 0.793. The van der Waals surface area contributed by atoms with Gasteiger partial charge in [0.1, 0.15) is 0 Å². The summed E-state index contributed by atoms with van der Waals surface area (Å²) in [5, 5.41) is 0. The van der Waals surface area contributed by atoms with E-state index in [0.29, 0.717) is 6.42 Å². The highest BCUT2D eigenvalue weighted by atomic mass is 16.5. The largest absolute Gasteiger partial charge is 0.469 e. The van der Waals surface area contributed by atoms with Gasteiger partial charge in [-0.2, -0.15) is 0 Å². The smallest absolute Gasteiger partial charge is 0.305 e. The molecule has 0 N–H and O–H groups in total. The van der Waals surface area contributed by atoms with Crippen molar-refractivity contribution in [3.63, 3.8) is 0 Å². The van der Waals surface area contributed by atoms with Crippen molar-refractivity contribution in [2.24, 2.45) is 0 Å². The Morgan fingerprint density at radius 3 is 2.67 bits per heavy atom. The highest BCUT2D eigenvalue weighted by molar-refractivity contribution is 5.73. The molecule has 0 unspecified atom stereocenters. The Labute approximate surface area is 125 Å². The van der Waals surface area contributed by atoms with E-state index in [1.54, 1.807) is 0 Å². The zero-order chi connectivity index (χ0) is 14.7. The first-order chi connectivity index (χ1) is 10.3. The average Bonchev–Trinajstić information content (AvgIpc) is 2.54. The van der Waals surface area contributed by atoms with Gasteiger partial charge in [-0.1, -0.05) is 42.5 Å². The molecule has 0 bridgehead atoms. The Morgan fingerprint density at radius 2 is 1.81 bits per heavy atom. The molecule has 0 saturated carbocycles. The van der Waals surface area contributed by atoms with Gasteiger partial charge in [-0.3, -0.25) is 4.79 Å². The van der Waals surface area contributed by atoms with E-state index >= 15 is 0 Å². The van der Waals surface area contributed by atoms with Crippen molar-refractivity contribution in [3.8, 4) is 11.1 Å². The number of carbonyl (C=O) groups excluding carboxylic acids is 1. The van der Waals surface area contributed by atoms with E-state index in [4.69, 9.17) is 0 Å². The number of rotatable bonds is 4. The van der Waals surface area contributed by atoms with Gasteiger partial charge in [0.2, 0.25) is 0 Å². The van der Waals surface area contributed by atoms with Crippen molar-refractivity contribution in [1.29, 1.82) is 0 Å². The van der Waals surface area contributed by atoms with E-state index in [-0.39, 0.29) is 5.97 Å². The fraction of sp³-hybridized carbons (Fsp3) is 0.316. The van der Waals surface area contributed by atoms with Crippen LogP contribution in [0.3, 0.4) is 0 Å². The van der Waals surface area contributed by atoms with Gasteiger partial charge in [0.15, 0.2) is 0 Å². The van der Waals surface area contributed by atoms with Gasteiger partial charge in [-0.15, -0.1) is 0 Å². The number of aryl methyl sites for hydroxylation is 3. The van der Waals surface area contributed by atoms with Crippen LogP contribution in [-0.2, 0) is 28.8 Å². The Kier molecular flexibility index (Phi) is 4.05. The molecule has 0 spiro atoms. The van der Waals surface area contributed by atoms with Crippen LogP contribution in [0, 0.1) is 0 Å². The summed E-state index contributed by atoms with van der Waals surface area (Å²) in [6, 6.07) is 15.4. The van der Waals surface area contributed by atoms with Gasteiger partial charge in [0, 0.05) is 6.42 Å². The predicted molar refractivity (Wildman–Crippen MR) is 84.2 cm³/mol. The molecule has 0 atom stereocenters. The number of hydrogen-bond donors (Lipinski definition) is 0. The molecule has 2 aromatic carbocycles. The summed E-state index contributed by atoms with van der Waals surface area (Å²) in [6.07, 6.45) is 4.51. The van der Waals surface area contributed by atoms with E-state index in [2.05, 4.69) is 47.2 Å². The first-order valence-corrected chi connectivity index (χ1v) is 7.55. The van der Waals surface area contributed by atoms with Crippen molar-refractivity contribution in [2.45, 2.75) is 32.1 Å². The summed E-state index contributed by atoms with van der Waals surface area (Å²) in [5.74, 6) is -0.123. The minimum absolute atomic E-state index is 0.123. The third-order valence-electron chi connectivity index (χ3n) is 4.21. The molecule has 0 aliphatic heterocycles. The molecular formula is C19H20O2. The SMILES string of the molecule is COC(=O)CCCc1ccc2c(c1)CCc1ccccc1-2. The average molecular weight is 280 g/mol. The van der Waals surface area contributed by atoms with Crippen molar-refractivity contribution in [2.75, 3.05) is 7.11 Å². The van der Waals surface area contributed by atoms with Crippen molar-refractivity contribution < 1.29 is 9.53 Å². The highest BCUT2D eigenvalue weighted by Gasteiger charge is 2.15. The molecule has 1 aliphatic carbocycles. The molecule has 1 aliphatic rings. The van der Waals surface area contributed by atoms with E-state index in [1.165, 1.54) is 34.9 Å². The molecule has 3 rings (SSSR count). The van der Waals surface area contributed by atoms with Gasteiger partial charge in [0.25, 0.3) is 0 Å². The molecule has 0 radical (unpaired) electrons. The molecule has 21 heavy (non-hydrogen) atoms. The van der Waals surface area contributed by atoms with E-state index in [9.17, 15) is 4.79 Å². The number of hydrogen-bond acceptors (Lipinski definition) is 2. The lowest BCUT2D eigenvalue weighted by atomic mass is 9.84. The maximum absolute atomic E-state index is 11.1. The van der Waals surface area contributed by atoms with Crippen LogP contribution in [0.2, 0.25) is 0 Å². The zero-order valence-electron chi connectivity index (χ0n) is 12.4. The second kappa shape index (κ2) is 6.13. The van der Waals surface area contributed by atoms with Gasteiger partial charge in [-0.05, 0) is 53.5 Å². The monoisotopic (exact) mass is 280 g/mol. The Morgan fingerprint density at radius 1 is 1.05 bits per heavy atom. The van der Waals surface area contributed by atoms with Crippen molar-refractivity contribution >= 4 is 5.97 Å². The molecule has 0 heterocycles. The van der Waals surface area contributed by atoms with Crippen molar-refractivity contribution in [1.82, 2.24) is 0 Å². The van der Waals surface area contributed by atoms with Crippen LogP contribution >= 0.6 is 0 Å². The topological polar surface area (TPSA) is 26.3 Å². The highest BCUT2D eigenvalue weighted by Crippen LogP contribution is 2.33. The molecule has 0 aromatic heterocycles. The summed E-state index contributed by atoms with van der Waals surface area (Å²) in [7, 11) is 1.44. The third-order valence-corrected chi connectivity index (χ3v) is 4.21. The maximum atomic E-state index is 11.1. The lowest BCUT2D eigenvalue weighted by Gasteiger charge is -2.20. The molecular weight excluding hydrogens is 260 g/mol. The van der Waals surface area contributed by atoms with Gasteiger partial charge in [0.05, 0.1) is 7.11 Å². The number of methoxy groups -OCH3 is 1. The molecule has 0 amide bonds. The first kappa shape index (κ1) is 13.9. The van der Waals surface area contributed by atoms with E-state index < -0.39 is 0 Å². The number of benzene rings is 2. The van der Waals surface area contributed by atoms with Crippen LogP contribution in [0.25, 0.3) is 11.1 Å².